The van der Waals surface area contributed by atoms with Crippen LogP contribution in [0.4, 0.5) is 0 Å². The number of hydrogen-bond acceptors (Lipinski definition) is 5. The molecule has 1 aliphatic carbocycles. The predicted molar refractivity (Wildman–Crippen MR) is 144 cm³/mol. The molecule has 8 nitrogen and oxygen atoms in total. The summed E-state index contributed by atoms with van der Waals surface area (Å²) in [6.45, 7) is 6.41. The number of carbonyl (C=O) groups excluding carboxylic acids is 2. The first-order chi connectivity index (χ1) is 17.5. The summed E-state index contributed by atoms with van der Waals surface area (Å²) in [4.78, 5) is 36.4. The fourth-order valence-electron chi connectivity index (χ4n) is 4.05. The van der Waals surface area contributed by atoms with Crippen LogP contribution in [0.3, 0.4) is 0 Å². The highest BCUT2D eigenvalue weighted by Crippen LogP contribution is 2.26. The molecule has 0 bridgehead atoms. The molecular formula is C28H40N6O2. The molecule has 1 aliphatic rings. The molecule has 0 saturated heterocycles. The van der Waals surface area contributed by atoms with E-state index in [0.29, 0.717) is 5.82 Å². The predicted octanol–water partition coefficient (Wildman–Crippen LogP) is 5.07. The van der Waals surface area contributed by atoms with Crippen molar-refractivity contribution in [2.45, 2.75) is 71.8 Å². The minimum absolute atomic E-state index is 0. The van der Waals surface area contributed by atoms with Gasteiger partial charge in [0.05, 0.1) is 11.9 Å². The molecule has 0 unspecified atom stereocenters. The van der Waals surface area contributed by atoms with Crippen molar-refractivity contribution in [3.63, 3.8) is 0 Å². The Labute approximate surface area is 215 Å². The number of unbranched alkanes of at least 4 members (excludes halogenated alkanes) is 1. The number of amides is 2. The van der Waals surface area contributed by atoms with Crippen molar-refractivity contribution in [3.8, 4) is 17.1 Å². The molecule has 1 fully saturated rings. The highest BCUT2D eigenvalue weighted by molar-refractivity contribution is 5.94. The smallest absolute Gasteiger partial charge is 0.294 e. The van der Waals surface area contributed by atoms with Gasteiger partial charge in [0.15, 0.2) is 5.82 Å². The van der Waals surface area contributed by atoms with E-state index in [-0.39, 0.29) is 31.7 Å². The highest BCUT2D eigenvalue weighted by atomic mass is 16.2. The number of aromatic nitrogens is 4. The first-order valence-electron chi connectivity index (χ1n) is 13.0. The number of hydrogen-bond donors (Lipinski definition) is 1. The lowest BCUT2D eigenvalue weighted by Gasteiger charge is -2.27. The van der Waals surface area contributed by atoms with Gasteiger partial charge < -0.3 is 10.2 Å². The highest BCUT2D eigenvalue weighted by Gasteiger charge is 2.32. The summed E-state index contributed by atoms with van der Waals surface area (Å²) in [5.74, 6) is 0.118. The van der Waals surface area contributed by atoms with Gasteiger partial charge >= 0.3 is 0 Å². The first-order valence-corrected chi connectivity index (χ1v) is 13.0. The van der Waals surface area contributed by atoms with E-state index in [0.717, 1.165) is 49.0 Å². The van der Waals surface area contributed by atoms with Crippen LogP contribution in [0, 0.1) is 0 Å². The fourth-order valence-corrected chi connectivity index (χ4v) is 4.05. The number of benzene rings is 1. The van der Waals surface area contributed by atoms with Crippen LogP contribution in [0.15, 0.2) is 48.7 Å². The Morgan fingerprint density at radius 3 is 2.31 bits per heavy atom. The average molecular weight is 493 g/mol. The molecule has 194 valence electrons. The van der Waals surface area contributed by atoms with Gasteiger partial charge in [-0.25, -0.2) is 9.67 Å². The second kappa shape index (κ2) is 13.5. The monoisotopic (exact) mass is 492 g/mol. The van der Waals surface area contributed by atoms with Crippen LogP contribution in [0.2, 0.25) is 0 Å². The molecule has 2 amide bonds. The quantitative estimate of drug-likeness (QED) is 0.474. The van der Waals surface area contributed by atoms with Crippen LogP contribution in [0.25, 0.3) is 17.1 Å². The second-order valence-corrected chi connectivity index (χ2v) is 8.94. The lowest BCUT2D eigenvalue weighted by molar-refractivity contribution is -0.121. The molecule has 1 saturated carbocycles. The normalized spacial score (nSPS) is 13.1. The van der Waals surface area contributed by atoms with Crippen molar-refractivity contribution in [2.24, 2.45) is 0 Å². The number of aryl methyl sites for hydroxylation is 1. The summed E-state index contributed by atoms with van der Waals surface area (Å²) in [5, 5.41) is 7.20. The van der Waals surface area contributed by atoms with Crippen LogP contribution in [0.1, 0.15) is 77.0 Å². The van der Waals surface area contributed by atoms with Gasteiger partial charge in [0.25, 0.3) is 5.91 Å². The first kappa shape index (κ1) is 27.0. The molecule has 2 aromatic heterocycles. The molecular weight excluding hydrogens is 452 g/mol. The van der Waals surface area contributed by atoms with Crippen molar-refractivity contribution in [3.05, 3.63) is 60.2 Å². The number of carbonyl (C=O) groups is 2. The maximum absolute atomic E-state index is 13.5. The maximum atomic E-state index is 13.5. The molecule has 0 spiro atoms. The van der Waals surface area contributed by atoms with E-state index in [1.165, 1.54) is 12.8 Å². The Morgan fingerprint density at radius 1 is 1.06 bits per heavy atom. The largest absolute Gasteiger partial charge is 0.358 e. The Hall–Kier alpha value is -3.55. The Kier molecular flexibility index (Phi) is 10.2. The molecule has 1 N–H and O–H groups in total. The van der Waals surface area contributed by atoms with Crippen LogP contribution >= 0.6 is 0 Å². The van der Waals surface area contributed by atoms with E-state index >= 15 is 0 Å². The summed E-state index contributed by atoms with van der Waals surface area (Å²) in [5.41, 5.74) is 2.55. The Bertz CT molecular complexity index is 1110. The molecule has 1 aromatic carbocycles. The summed E-state index contributed by atoms with van der Waals surface area (Å²) < 4.78 is 1.65. The minimum Gasteiger partial charge on any atom is -0.358 e. The van der Waals surface area contributed by atoms with Crippen LogP contribution in [-0.2, 0) is 11.2 Å². The van der Waals surface area contributed by atoms with Gasteiger partial charge in [-0.1, -0.05) is 76.8 Å². The third-order valence-corrected chi connectivity index (χ3v) is 6.37. The van der Waals surface area contributed by atoms with Crippen molar-refractivity contribution in [2.75, 3.05) is 13.6 Å². The fraction of sp³-hybridized carbons (Fsp3) is 0.464. The molecule has 0 aliphatic heterocycles. The standard InChI is InChI=1S/C24H28N6O2.C4H10.H2/c1-3-18-13-14-20(15-26-18)30-23(17-9-5-4-6-10-17)27-22(28-30)24(32)29(16-21(31)25-2)19-11-7-8-12-19;1-3-4-2;/h4-6,9-10,13-15,19H,3,7-8,11-12,16H2,1-2H3,(H,25,31);3-4H2,1-2H3;1H. The van der Waals surface area contributed by atoms with Gasteiger partial charge in [-0.05, 0) is 31.4 Å². The number of likely N-dealkylation sites (N-methyl/N-ethyl adjacent to an activating group) is 1. The van der Waals surface area contributed by atoms with Gasteiger partial charge in [-0.15, -0.1) is 5.10 Å². The molecule has 8 heteroatoms. The lowest BCUT2D eigenvalue weighted by atomic mass is 10.2. The van der Waals surface area contributed by atoms with E-state index in [4.69, 9.17) is 0 Å². The number of rotatable bonds is 8. The van der Waals surface area contributed by atoms with Crippen molar-refractivity contribution < 1.29 is 11.0 Å². The topological polar surface area (TPSA) is 93.0 Å². The Balaban J connectivity index is 0.000000898. The van der Waals surface area contributed by atoms with Crippen LogP contribution in [-0.4, -0.2) is 56.1 Å². The summed E-state index contributed by atoms with van der Waals surface area (Å²) in [6, 6.07) is 13.5. The van der Waals surface area contributed by atoms with E-state index in [9.17, 15) is 9.59 Å². The molecule has 36 heavy (non-hydrogen) atoms. The van der Waals surface area contributed by atoms with Crippen molar-refractivity contribution >= 4 is 11.8 Å². The maximum Gasteiger partial charge on any atom is 0.294 e. The van der Waals surface area contributed by atoms with Crippen LogP contribution in [0.5, 0.6) is 0 Å². The van der Waals surface area contributed by atoms with Crippen molar-refractivity contribution in [1.82, 2.24) is 30.0 Å². The zero-order chi connectivity index (χ0) is 25.9. The van der Waals surface area contributed by atoms with E-state index in [1.807, 2.05) is 49.4 Å². The van der Waals surface area contributed by atoms with Gasteiger partial charge in [-0.2, -0.15) is 0 Å². The van der Waals surface area contributed by atoms with Gasteiger partial charge in [0.1, 0.15) is 6.54 Å². The van der Waals surface area contributed by atoms with Gasteiger partial charge in [0, 0.05) is 25.8 Å². The van der Waals surface area contributed by atoms with E-state index in [1.54, 1.807) is 22.8 Å². The molecule has 0 radical (unpaired) electrons. The molecule has 4 rings (SSSR count). The third-order valence-electron chi connectivity index (χ3n) is 6.37. The number of nitrogens with one attached hydrogen (secondary N) is 1. The second-order valence-electron chi connectivity index (χ2n) is 8.94. The molecule has 2 heterocycles. The summed E-state index contributed by atoms with van der Waals surface area (Å²) >= 11 is 0. The number of pyridine rings is 1. The summed E-state index contributed by atoms with van der Waals surface area (Å²) in [6.07, 6.45) is 9.09. The average Bonchev–Trinajstić information content (AvgIpc) is 3.63. The van der Waals surface area contributed by atoms with Gasteiger partial charge in [-0.3, -0.25) is 14.6 Å². The van der Waals surface area contributed by atoms with Gasteiger partial charge in [0.2, 0.25) is 11.7 Å². The van der Waals surface area contributed by atoms with E-state index < -0.39 is 0 Å². The molecule has 0 atom stereocenters. The summed E-state index contributed by atoms with van der Waals surface area (Å²) in [7, 11) is 1.58. The minimum atomic E-state index is -0.324. The lowest BCUT2D eigenvalue weighted by Crippen LogP contribution is -2.45. The third kappa shape index (κ3) is 6.77. The van der Waals surface area contributed by atoms with E-state index in [2.05, 4.69) is 34.2 Å². The van der Waals surface area contributed by atoms with Crippen molar-refractivity contribution in [1.29, 1.82) is 0 Å². The zero-order valence-corrected chi connectivity index (χ0v) is 21.9. The number of nitrogens with zero attached hydrogens (tertiary/aromatic N) is 5. The van der Waals surface area contributed by atoms with Crippen LogP contribution < -0.4 is 5.32 Å². The SMILES string of the molecule is CCCC.CCc1ccc(-n2nc(C(=O)N(CC(=O)NC)C3CCCC3)nc2-c2ccccc2)cn1.[HH]. The zero-order valence-electron chi connectivity index (χ0n) is 21.9. The Morgan fingerprint density at radius 2 is 1.75 bits per heavy atom. The molecule has 3 aromatic rings.